The summed E-state index contributed by atoms with van der Waals surface area (Å²) >= 11 is 5.89. The van der Waals surface area contributed by atoms with Crippen LogP contribution in [0.2, 0.25) is 5.02 Å². The molecule has 0 bridgehead atoms. The first-order chi connectivity index (χ1) is 19.1. The Morgan fingerprint density at radius 3 is 2.34 bits per heavy atom. The van der Waals surface area contributed by atoms with Crippen LogP contribution in [-0.2, 0) is 5.41 Å². The van der Waals surface area contributed by atoms with Crippen LogP contribution in [0, 0.1) is 26.6 Å². The van der Waals surface area contributed by atoms with Crippen LogP contribution in [0.5, 0.6) is 0 Å². The van der Waals surface area contributed by atoms with Crippen LogP contribution in [0.1, 0.15) is 71.1 Å². The number of carboxylic acids is 1. The number of aromatic carboxylic acids is 1. The van der Waals surface area contributed by atoms with Crippen LogP contribution in [0.25, 0.3) is 0 Å². The van der Waals surface area contributed by atoms with E-state index in [4.69, 9.17) is 16.6 Å². The molecule has 2 aliphatic rings. The smallest absolute Gasteiger partial charge is 0.337 e. The van der Waals surface area contributed by atoms with Crippen LogP contribution in [0.3, 0.4) is 0 Å². The molecule has 1 amide bonds. The van der Waals surface area contributed by atoms with Gasteiger partial charge in [-0.05, 0) is 63.9 Å². The molecule has 4 heterocycles. The summed E-state index contributed by atoms with van der Waals surface area (Å²) in [5.41, 5.74) is 2.78. The number of carbonyl (C=O) groups excluding carboxylic acids is 1. The quantitative estimate of drug-likeness (QED) is 0.434. The fraction of sp³-hybridized carbons (Fsp3) is 0.433. The fourth-order valence-corrected chi connectivity index (χ4v) is 6.06. The molecule has 1 aromatic carbocycles. The van der Waals surface area contributed by atoms with Crippen molar-refractivity contribution in [2.45, 2.75) is 59.4 Å². The van der Waals surface area contributed by atoms with Crippen LogP contribution in [-0.4, -0.2) is 68.6 Å². The second-order valence-corrected chi connectivity index (χ2v) is 12.5. The summed E-state index contributed by atoms with van der Waals surface area (Å²) in [4.78, 5) is 45.5. The number of halogens is 2. The van der Waals surface area contributed by atoms with Crippen molar-refractivity contribution in [1.82, 2.24) is 19.9 Å². The molecule has 41 heavy (non-hydrogen) atoms. The summed E-state index contributed by atoms with van der Waals surface area (Å²) in [6, 6.07) is 4.64. The van der Waals surface area contributed by atoms with E-state index in [1.54, 1.807) is 19.9 Å². The molecule has 3 aromatic rings. The van der Waals surface area contributed by atoms with Crippen molar-refractivity contribution in [3.8, 4) is 0 Å². The molecule has 0 spiro atoms. The lowest BCUT2D eigenvalue weighted by molar-refractivity contribution is 0.0505. The largest absolute Gasteiger partial charge is 0.478 e. The van der Waals surface area contributed by atoms with Crippen molar-refractivity contribution in [3.05, 3.63) is 69.0 Å². The van der Waals surface area contributed by atoms with Gasteiger partial charge in [0.1, 0.15) is 17.3 Å². The summed E-state index contributed by atoms with van der Waals surface area (Å²) < 4.78 is 14.2. The Morgan fingerprint density at radius 1 is 1.00 bits per heavy atom. The second kappa shape index (κ2) is 9.94. The Morgan fingerprint density at radius 2 is 1.71 bits per heavy atom. The zero-order valence-corrected chi connectivity index (χ0v) is 25.1. The topological polar surface area (TPSA) is 103 Å². The highest BCUT2D eigenvalue weighted by atomic mass is 35.5. The number of pyridine rings is 1. The van der Waals surface area contributed by atoms with E-state index in [9.17, 15) is 19.1 Å². The summed E-state index contributed by atoms with van der Waals surface area (Å²) in [6.45, 7) is 15.5. The third kappa shape index (κ3) is 4.88. The fourth-order valence-electron chi connectivity index (χ4n) is 5.95. The number of fused-ring (bicyclic) bond motifs is 1. The molecule has 0 aliphatic carbocycles. The molecule has 0 atom stereocenters. The summed E-state index contributed by atoms with van der Waals surface area (Å²) in [6.07, 6.45) is 1.49. The lowest BCUT2D eigenvalue weighted by atomic mass is 9.92. The maximum atomic E-state index is 14.2. The molecule has 1 fully saturated rings. The van der Waals surface area contributed by atoms with Gasteiger partial charge in [0.15, 0.2) is 5.82 Å². The first kappa shape index (κ1) is 28.7. The third-order valence-corrected chi connectivity index (χ3v) is 8.51. The minimum atomic E-state index is -0.986. The zero-order valence-electron chi connectivity index (χ0n) is 24.3. The van der Waals surface area contributed by atoms with E-state index < -0.39 is 22.7 Å². The Kier molecular flexibility index (Phi) is 6.96. The molecule has 0 unspecified atom stereocenters. The minimum Gasteiger partial charge on any atom is -0.478 e. The zero-order chi connectivity index (χ0) is 30.0. The van der Waals surface area contributed by atoms with Gasteiger partial charge in [-0.15, -0.1) is 0 Å². The van der Waals surface area contributed by atoms with Crippen LogP contribution < -0.4 is 9.80 Å². The molecule has 216 valence electrons. The van der Waals surface area contributed by atoms with E-state index >= 15 is 0 Å². The van der Waals surface area contributed by atoms with Crippen molar-refractivity contribution in [2.75, 3.05) is 36.0 Å². The lowest BCUT2D eigenvalue weighted by Gasteiger charge is -2.47. The third-order valence-electron chi connectivity index (χ3n) is 8.21. The number of hydrogen-bond donors (Lipinski definition) is 1. The number of benzene rings is 1. The molecular weight excluding hydrogens is 547 g/mol. The number of carbonyl (C=O) groups is 2. The predicted octanol–water partition coefficient (Wildman–Crippen LogP) is 5.46. The summed E-state index contributed by atoms with van der Waals surface area (Å²) in [7, 11) is 0. The Bertz CT molecular complexity index is 1590. The molecule has 9 nitrogen and oxygen atoms in total. The molecule has 0 radical (unpaired) electrons. The molecule has 2 aromatic heterocycles. The van der Waals surface area contributed by atoms with Crippen molar-refractivity contribution in [2.24, 2.45) is 0 Å². The number of carboxylic acid groups (broad SMARTS) is 1. The van der Waals surface area contributed by atoms with Gasteiger partial charge in [-0.25, -0.2) is 24.1 Å². The number of rotatable bonds is 4. The van der Waals surface area contributed by atoms with Crippen molar-refractivity contribution in [3.63, 3.8) is 0 Å². The average Bonchev–Trinajstić information content (AvgIpc) is 3.16. The maximum Gasteiger partial charge on any atom is 0.337 e. The molecular formula is C30H34ClFN6O3. The molecule has 5 rings (SSSR count). The highest BCUT2D eigenvalue weighted by Crippen LogP contribution is 2.42. The monoisotopic (exact) mass is 580 g/mol. The Hall–Kier alpha value is -3.79. The normalized spacial score (nSPS) is 17.5. The van der Waals surface area contributed by atoms with E-state index in [-0.39, 0.29) is 22.2 Å². The van der Waals surface area contributed by atoms with Crippen molar-refractivity contribution < 1.29 is 19.1 Å². The minimum absolute atomic E-state index is 0.0515. The number of anilines is 3. The SMILES string of the molecule is Cc1nc(N2CCN(C(=O)c3cnc4c(n3)C(C)(C)CN4c3ccc(Cl)c(F)c3)C(C)(C)C2)c(C)c(C)c1C(=O)O. The van der Waals surface area contributed by atoms with Crippen LogP contribution in [0.4, 0.5) is 21.7 Å². The predicted molar refractivity (Wildman–Crippen MR) is 156 cm³/mol. The number of piperazine rings is 1. The molecule has 11 heteroatoms. The number of amides is 1. The van der Waals surface area contributed by atoms with Crippen molar-refractivity contribution in [1.29, 1.82) is 0 Å². The maximum absolute atomic E-state index is 14.2. The summed E-state index contributed by atoms with van der Waals surface area (Å²) in [5, 5.41) is 9.66. The van der Waals surface area contributed by atoms with E-state index in [1.165, 1.54) is 18.3 Å². The van der Waals surface area contributed by atoms with Gasteiger partial charge in [-0.3, -0.25) is 4.79 Å². The van der Waals surface area contributed by atoms with Gasteiger partial charge in [-0.1, -0.05) is 25.4 Å². The average molecular weight is 581 g/mol. The van der Waals surface area contributed by atoms with Gasteiger partial charge in [0.05, 0.1) is 33.7 Å². The molecule has 1 saturated heterocycles. The van der Waals surface area contributed by atoms with E-state index in [1.807, 2.05) is 44.4 Å². The number of aromatic nitrogens is 3. The molecule has 1 N–H and O–H groups in total. The highest BCUT2D eigenvalue weighted by molar-refractivity contribution is 6.30. The molecule has 2 aliphatic heterocycles. The van der Waals surface area contributed by atoms with Gasteiger partial charge in [-0.2, -0.15) is 0 Å². The van der Waals surface area contributed by atoms with Gasteiger partial charge in [0.25, 0.3) is 5.91 Å². The number of nitrogens with zero attached hydrogens (tertiary/aromatic N) is 6. The first-order valence-corrected chi connectivity index (χ1v) is 13.9. The number of aryl methyl sites for hydroxylation is 1. The number of hydrogen-bond acceptors (Lipinski definition) is 7. The van der Waals surface area contributed by atoms with Gasteiger partial charge in [0.2, 0.25) is 0 Å². The first-order valence-electron chi connectivity index (χ1n) is 13.5. The Balaban J connectivity index is 1.41. The van der Waals surface area contributed by atoms with E-state index in [2.05, 4.69) is 14.9 Å². The molecule has 0 saturated carbocycles. The van der Waals surface area contributed by atoms with Crippen LogP contribution >= 0.6 is 11.6 Å². The second-order valence-electron chi connectivity index (χ2n) is 12.1. The Labute approximate surface area is 244 Å². The van der Waals surface area contributed by atoms with Crippen LogP contribution in [0.15, 0.2) is 24.4 Å². The van der Waals surface area contributed by atoms with Gasteiger partial charge >= 0.3 is 5.97 Å². The standard InChI is InChI=1S/C30H34ClFN6O3/c1-16-17(2)25(34-18(3)23(16)28(40)41)36-10-11-38(30(6,7)15-36)27(39)22-13-33-26-24(35-22)29(4,5)14-37(26)19-8-9-20(31)21(32)12-19/h8-9,12-13H,10-11,14-15H2,1-7H3,(H,40,41). The highest BCUT2D eigenvalue weighted by Gasteiger charge is 2.42. The summed E-state index contributed by atoms with van der Waals surface area (Å²) in [5.74, 6) is -0.377. The van der Waals surface area contributed by atoms with E-state index in [0.29, 0.717) is 54.6 Å². The van der Waals surface area contributed by atoms with Crippen molar-refractivity contribution >= 4 is 40.8 Å². The van der Waals surface area contributed by atoms with Gasteiger partial charge < -0.3 is 19.8 Å². The lowest BCUT2D eigenvalue weighted by Crippen LogP contribution is -2.61. The van der Waals surface area contributed by atoms with E-state index in [0.717, 1.165) is 11.4 Å². The van der Waals surface area contributed by atoms with Gasteiger partial charge in [0, 0.05) is 37.3 Å².